The van der Waals surface area contributed by atoms with Crippen LogP contribution < -0.4 is 5.73 Å². The summed E-state index contributed by atoms with van der Waals surface area (Å²) in [6.07, 6.45) is 1.73. The molecule has 3 nitrogen and oxygen atoms in total. The Morgan fingerprint density at radius 3 is 2.81 bits per heavy atom. The van der Waals surface area contributed by atoms with Gasteiger partial charge in [-0.05, 0) is 12.1 Å². The van der Waals surface area contributed by atoms with Gasteiger partial charge in [-0.3, -0.25) is 4.90 Å². The summed E-state index contributed by atoms with van der Waals surface area (Å²) in [5.41, 5.74) is 6.45. The lowest BCUT2D eigenvalue weighted by atomic mass is 10.2. The molecule has 0 radical (unpaired) electrons. The Kier molecular flexibility index (Phi) is 4.95. The molecular weight excluding hydrogens is 207 g/mol. The van der Waals surface area contributed by atoms with Gasteiger partial charge < -0.3 is 10.8 Å². The van der Waals surface area contributed by atoms with Crippen molar-refractivity contribution >= 4 is 5.69 Å². The Morgan fingerprint density at radius 2 is 2.25 bits per heavy atom. The highest BCUT2D eigenvalue weighted by molar-refractivity contribution is 5.40. The zero-order valence-electron chi connectivity index (χ0n) is 9.19. The standard InChI is InChI=1S/C12H17FN2O/c1-2-5-15(6-7-16)9-10-3-4-11(14)8-12(10)13/h2-4,8,16H,1,5-7,9,14H2. The molecule has 0 bridgehead atoms. The van der Waals surface area contributed by atoms with Crippen molar-refractivity contribution in [1.82, 2.24) is 4.90 Å². The van der Waals surface area contributed by atoms with Crippen molar-refractivity contribution in [3.8, 4) is 0 Å². The van der Waals surface area contributed by atoms with Crippen LogP contribution in [0.5, 0.6) is 0 Å². The van der Waals surface area contributed by atoms with Crippen LogP contribution in [0.4, 0.5) is 10.1 Å². The van der Waals surface area contributed by atoms with Gasteiger partial charge in [-0.15, -0.1) is 6.58 Å². The Morgan fingerprint density at radius 1 is 1.50 bits per heavy atom. The van der Waals surface area contributed by atoms with E-state index in [-0.39, 0.29) is 12.4 Å². The van der Waals surface area contributed by atoms with Crippen LogP contribution in [0.15, 0.2) is 30.9 Å². The van der Waals surface area contributed by atoms with E-state index < -0.39 is 0 Å². The fourth-order valence-corrected chi connectivity index (χ4v) is 1.49. The molecule has 1 aromatic carbocycles. The van der Waals surface area contributed by atoms with Gasteiger partial charge in [-0.25, -0.2) is 4.39 Å². The fraction of sp³-hybridized carbons (Fsp3) is 0.333. The minimum absolute atomic E-state index is 0.0461. The van der Waals surface area contributed by atoms with E-state index in [1.54, 1.807) is 18.2 Å². The summed E-state index contributed by atoms with van der Waals surface area (Å²) in [5.74, 6) is -0.313. The van der Waals surface area contributed by atoms with E-state index in [0.717, 1.165) is 0 Å². The lowest BCUT2D eigenvalue weighted by Crippen LogP contribution is -2.27. The van der Waals surface area contributed by atoms with Crippen LogP contribution in [0.25, 0.3) is 0 Å². The summed E-state index contributed by atoms with van der Waals surface area (Å²) < 4.78 is 13.5. The largest absolute Gasteiger partial charge is 0.399 e. The van der Waals surface area contributed by atoms with Crippen molar-refractivity contribution < 1.29 is 9.50 Å². The average molecular weight is 224 g/mol. The molecular formula is C12H17FN2O. The molecule has 88 valence electrons. The van der Waals surface area contributed by atoms with E-state index in [2.05, 4.69) is 6.58 Å². The normalized spacial score (nSPS) is 10.7. The molecule has 0 fully saturated rings. The van der Waals surface area contributed by atoms with Gasteiger partial charge in [-0.2, -0.15) is 0 Å². The van der Waals surface area contributed by atoms with Gasteiger partial charge in [0.2, 0.25) is 0 Å². The molecule has 0 aliphatic carbocycles. The Hall–Kier alpha value is -1.39. The SMILES string of the molecule is C=CCN(CCO)Cc1ccc(N)cc1F. The van der Waals surface area contributed by atoms with Crippen LogP contribution in [-0.2, 0) is 6.54 Å². The Balaban J connectivity index is 2.72. The van der Waals surface area contributed by atoms with Gasteiger partial charge in [0.05, 0.1) is 6.61 Å². The number of rotatable bonds is 6. The molecule has 0 heterocycles. The maximum absolute atomic E-state index is 13.5. The van der Waals surface area contributed by atoms with E-state index in [1.165, 1.54) is 6.07 Å². The minimum atomic E-state index is -0.313. The highest BCUT2D eigenvalue weighted by Crippen LogP contribution is 2.13. The number of aliphatic hydroxyl groups is 1. The molecule has 1 aromatic rings. The lowest BCUT2D eigenvalue weighted by Gasteiger charge is -2.19. The summed E-state index contributed by atoms with van der Waals surface area (Å²) in [4.78, 5) is 1.90. The van der Waals surface area contributed by atoms with Gasteiger partial charge in [0, 0.05) is 30.9 Å². The zero-order chi connectivity index (χ0) is 12.0. The second kappa shape index (κ2) is 6.25. The van der Waals surface area contributed by atoms with Crippen LogP contribution in [-0.4, -0.2) is 29.7 Å². The lowest BCUT2D eigenvalue weighted by molar-refractivity contribution is 0.202. The van der Waals surface area contributed by atoms with Gasteiger partial charge >= 0.3 is 0 Å². The van der Waals surface area contributed by atoms with Crippen molar-refractivity contribution in [3.05, 3.63) is 42.2 Å². The Bertz CT molecular complexity index is 355. The third-order valence-corrected chi connectivity index (χ3v) is 2.27. The number of hydrogen-bond acceptors (Lipinski definition) is 3. The molecule has 0 saturated carbocycles. The van der Waals surface area contributed by atoms with Crippen LogP contribution >= 0.6 is 0 Å². The number of nitrogens with two attached hydrogens (primary N) is 1. The zero-order valence-corrected chi connectivity index (χ0v) is 9.19. The first kappa shape index (κ1) is 12.7. The maximum Gasteiger partial charge on any atom is 0.129 e. The maximum atomic E-state index is 13.5. The van der Waals surface area contributed by atoms with Crippen LogP contribution in [0, 0.1) is 5.82 Å². The van der Waals surface area contributed by atoms with E-state index in [0.29, 0.717) is 30.9 Å². The predicted molar refractivity (Wildman–Crippen MR) is 63.4 cm³/mol. The second-order valence-corrected chi connectivity index (χ2v) is 3.60. The first-order chi connectivity index (χ1) is 7.67. The number of halogens is 1. The summed E-state index contributed by atoms with van der Waals surface area (Å²) in [6, 6.07) is 4.64. The molecule has 1 rings (SSSR count). The molecule has 0 saturated heterocycles. The van der Waals surface area contributed by atoms with Crippen molar-refractivity contribution in [2.75, 3.05) is 25.4 Å². The minimum Gasteiger partial charge on any atom is -0.399 e. The molecule has 0 atom stereocenters. The second-order valence-electron chi connectivity index (χ2n) is 3.60. The number of hydrogen-bond donors (Lipinski definition) is 2. The monoisotopic (exact) mass is 224 g/mol. The Labute approximate surface area is 95.0 Å². The van der Waals surface area contributed by atoms with Crippen molar-refractivity contribution in [2.45, 2.75) is 6.54 Å². The van der Waals surface area contributed by atoms with Gasteiger partial charge in [-0.1, -0.05) is 12.1 Å². The van der Waals surface area contributed by atoms with Gasteiger partial charge in [0.15, 0.2) is 0 Å². The van der Waals surface area contributed by atoms with E-state index in [1.807, 2.05) is 4.90 Å². The quantitative estimate of drug-likeness (QED) is 0.567. The van der Waals surface area contributed by atoms with Gasteiger partial charge in [0.25, 0.3) is 0 Å². The smallest absolute Gasteiger partial charge is 0.129 e. The molecule has 0 amide bonds. The van der Waals surface area contributed by atoms with E-state index >= 15 is 0 Å². The fourth-order valence-electron chi connectivity index (χ4n) is 1.49. The number of aliphatic hydroxyl groups excluding tert-OH is 1. The molecule has 4 heteroatoms. The predicted octanol–water partition coefficient (Wildman–Crippen LogP) is 1.39. The highest BCUT2D eigenvalue weighted by Gasteiger charge is 2.07. The first-order valence-corrected chi connectivity index (χ1v) is 5.15. The molecule has 3 N–H and O–H groups in total. The number of benzene rings is 1. The highest BCUT2D eigenvalue weighted by atomic mass is 19.1. The van der Waals surface area contributed by atoms with Crippen LogP contribution in [0.2, 0.25) is 0 Å². The average Bonchev–Trinajstić information content (AvgIpc) is 2.23. The van der Waals surface area contributed by atoms with E-state index in [4.69, 9.17) is 10.8 Å². The first-order valence-electron chi connectivity index (χ1n) is 5.15. The molecule has 0 spiro atoms. The molecule has 16 heavy (non-hydrogen) atoms. The van der Waals surface area contributed by atoms with E-state index in [9.17, 15) is 4.39 Å². The molecule has 0 aliphatic rings. The van der Waals surface area contributed by atoms with Crippen molar-refractivity contribution in [2.24, 2.45) is 0 Å². The number of anilines is 1. The van der Waals surface area contributed by atoms with Gasteiger partial charge in [0.1, 0.15) is 5.82 Å². The number of nitrogen functional groups attached to an aromatic ring is 1. The third-order valence-electron chi connectivity index (χ3n) is 2.27. The van der Waals surface area contributed by atoms with Crippen LogP contribution in [0.1, 0.15) is 5.56 Å². The topological polar surface area (TPSA) is 49.5 Å². The summed E-state index contributed by atoms with van der Waals surface area (Å²) in [6.45, 7) is 5.22. The van der Waals surface area contributed by atoms with Crippen LogP contribution in [0.3, 0.4) is 0 Å². The van der Waals surface area contributed by atoms with Crippen molar-refractivity contribution in [3.63, 3.8) is 0 Å². The molecule has 0 aliphatic heterocycles. The summed E-state index contributed by atoms with van der Waals surface area (Å²) >= 11 is 0. The molecule has 0 aromatic heterocycles. The molecule has 0 unspecified atom stereocenters. The third kappa shape index (κ3) is 3.64. The van der Waals surface area contributed by atoms with Crippen molar-refractivity contribution in [1.29, 1.82) is 0 Å². The summed E-state index contributed by atoms with van der Waals surface area (Å²) in [5, 5.41) is 8.87. The number of nitrogens with zero attached hydrogens (tertiary/aromatic N) is 1. The summed E-state index contributed by atoms with van der Waals surface area (Å²) in [7, 11) is 0.